The molecule has 0 aromatic heterocycles. The monoisotopic (exact) mass is 2080 g/mol. The predicted molar refractivity (Wildman–Crippen MR) is 563 cm³/mol. The number of nitrogens with zero attached hydrogens (tertiary/aromatic N) is 7. The summed E-state index contributed by atoms with van der Waals surface area (Å²) < 4.78 is 208. The van der Waals surface area contributed by atoms with Gasteiger partial charge in [0.05, 0.1) is 77.0 Å². The number of hydrogen-bond donors (Lipinski definition) is 14. The number of nitrogens with two attached hydrogens (primary N) is 7. The molecule has 0 saturated carbocycles. The number of nitrogen functional groups attached to an aromatic ring is 7. The van der Waals surface area contributed by atoms with Crippen LogP contribution in [0.3, 0.4) is 0 Å². The molecule has 1 unspecified atom stereocenters. The maximum absolute atomic E-state index is 13.0. The van der Waals surface area contributed by atoms with Crippen LogP contribution >= 0.6 is 11.6 Å². The van der Waals surface area contributed by atoms with Gasteiger partial charge in [0.1, 0.15) is 45.8 Å². The lowest BCUT2D eigenvalue weighted by atomic mass is 10.0. The lowest BCUT2D eigenvalue weighted by molar-refractivity contribution is 0.281. The van der Waals surface area contributed by atoms with Crippen LogP contribution in [0.4, 0.5) is 96.7 Å². The number of para-hydroxylation sites is 1. The van der Waals surface area contributed by atoms with Crippen molar-refractivity contribution in [2.45, 2.75) is 99.6 Å². The Morgan fingerprint density at radius 2 is 0.829 bits per heavy atom. The van der Waals surface area contributed by atoms with E-state index in [1.165, 1.54) is 53.2 Å². The van der Waals surface area contributed by atoms with Crippen LogP contribution in [0.2, 0.25) is 5.02 Å². The van der Waals surface area contributed by atoms with Crippen molar-refractivity contribution in [1.82, 2.24) is 12.9 Å². The van der Waals surface area contributed by atoms with Crippen molar-refractivity contribution >= 4 is 179 Å². The molecular formula is C95H126ClN19O18S7. The summed E-state index contributed by atoms with van der Waals surface area (Å²) in [4.78, 5) is 7.71. The van der Waals surface area contributed by atoms with Crippen LogP contribution in [-0.4, -0.2) is 197 Å². The number of sulfonamides is 6. The molecule has 0 spiro atoms. The molecule has 45 heteroatoms. The fraction of sp³-hybridized carbons (Fsp3) is 0.305. The van der Waals surface area contributed by atoms with Crippen LogP contribution < -0.4 is 94.0 Å². The zero-order valence-corrected chi connectivity index (χ0v) is 86.2. The summed E-state index contributed by atoms with van der Waals surface area (Å²) in [6, 6.07) is 62.1. The first-order chi connectivity index (χ1) is 65.9. The first-order valence-electron chi connectivity index (χ1n) is 44.1. The van der Waals surface area contributed by atoms with Gasteiger partial charge in [-0.3, -0.25) is 18.7 Å². The minimum absolute atomic E-state index is 0.0409. The lowest BCUT2D eigenvalue weighted by Crippen LogP contribution is -2.39. The van der Waals surface area contributed by atoms with E-state index in [1.807, 2.05) is 72.6 Å². The van der Waals surface area contributed by atoms with E-state index in [1.54, 1.807) is 190 Å². The van der Waals surface area contributed by atoms with Gasteiger partial charge in [-0.2, -0.15) is 21.3 Å². The van der Waals surface area contributed by atoms with Crippen LogP contribution in [0, 0.1) is 11.8 Å². The first-order valence-corrected chi connectivity index (χ1v) is 54.7. The Morgan fingerprint density at radius 1 is 0.400 bits per heavy atom. The maximum atomic E-state index is 13.0. The van der Waals surface area contributed by atoms with Gasteiger partial charge >= 0.3 is 0 Å². The second kappa shape index (κ2) is 49.1. The van der Waals surface area contributed by atoms with Crippen LogP contribution in [0.25, 0.3) is 0 Å². The van der Waals surface area contributed by atoms with Gasteiger partial charge in [-0.15, -0.1) is 0 Å². The average molecular weight is 2080 g/mol. The fourth-order valence-electron chi connectivity index (χ4n) is 14.9. The number of benzene rings is 11. The SMILES string of the molecule is CC1CCCN(S(=O)(=O)c2cc(N)ccc2N(C)C)C1.CC1CCN(S(=O)(=O)c2cc(N)ccc2N(C)C)CC1.CN(C)c1ccc(N)cc1S(=O)(=O)N(C)Cc1ccccc1.COc1ccc(Nc2ccc(N)cc2S(=O)(=O)Nc2ccc(OC)cc2)cc1.Nc1ccc(N2CCCCC2)c(S(=O)(=O)Nc2ccccc2Cl)c1.Nc1ccc(NCCO)c(S(=O)(=O)Nc2ccc(N)c(S(=O)(=O)O)c2)c1. The first kappa shape index (κ1) is 111. The van der Waals surface area contributed by atoms with Gasteiger partial charge in [0.25, 0.3) is 40.2 Å². The largest absolute Gasteiger partial charge is 0.497 e. The molecule has 3 aliphatic rings. The van der Waals surface area contributed by atoms with Crippen LogP contribution in [0.5, 0.6) is 11.5 Å². The molecule has 0 amide bonds. The van der Waals surface area contributed by atoms with Gasteiger partial charge in [-0.05, 0) is 250 Å². The number of piperidine rings is 3. The highest BCUT2D eigenvalue weighted by atomic mass is 35.5. The molecule has 0 bridgehead atoms. The number of ether oxygens (including phenoxy) is 2. The number of rotatable bonds is 29. The number of aliphatic hydroxyl groups excluding tert-OH is 1. The van der Waals surface area contributed by atoms with Gasteiger partial charge in [-0.1, -0.05) is 67.9 Å². The molecule has 3 saturated heterocycles. The summed E-state index contributed by atoms with van der Waals surface area (Å²) in [6.07, 6.45) is 7.12. The Kier molecular flexibility index (Phi) is 39.0. The zero-order chi connectivity index (χ0) is 103. The molecule has 1 atom stereocenters. The molecule has 758 valence electrons. The molecule has 3 heterocycles. The van der Waals surface area contributed by atoms with Gasteiger partial charge in [0, 0.05) is 147 Å². The Balaban J connectivity index is 0.000000189. The predicted octanol–water partition coefficient (Wildman–Crippen LogP) is 13.5. The van der Waals surface area contributed by atoms with Gasteiger partial charge in [0.2, 0.25) is 30.1 Å². The Hall–Kier alpha value is -12.4. The van der Waals surface area contributed by atoms with Gasteiger partial charge in [-0.25, -0.2) is 50.5 Å². The number of hydrogen-bond acceptors (Lipinski definition) is 30. The quantitative estimate of drug-likeness (QED) is 0.0153. The molecule has 11 aromatic carbocycles. The van der Waals surface area contributed by atoms with Crippen LogP contribution in [0.15, 0.2) is 265 Å². The molecule has 14 rings (SSSR count). The van der Waals surface area contributed by atoms with E-state index in [0.717, 1.165) is 69.3 Å². The van der Waals surface area contributed by atoms with E-state index in [9.17, 15) is 58.9 Å². The molecular weight excluding hydrogens is 1960 g/mol. The van der Waals surface area contributed by atoms with Crippen molar-refractivity contribution in [1.29, 1.82) is 0 Å². The standard InChI is InChI=1S/C20H21N3O4S.C17H20ClN3O2S.C16H21N3O2S.C14H18N4O6S2.2C14H23N3O2S/c1-26-17-8-4-15(5-9-17)22-19-12-3-14(21)13-20(19)28(24,25)23-16-6-10-18(27-2)11-7-16;18-14-6-2-3-7-15(14)20-24(22,23)17-12-13(19)8-9-16(17)21-10-4-1-5-11-21;1-18(2)15-10-9-14(17)11-16(15)22(20,21)19(3)12-13-7-5-4-6-8-13;15-9-1-4-12(17-5-6-19)14(7-9)25(20,21)18-10-2-3-11(16)13(8-10)26(22,23)24;1-11-6-8-17(9-7-11)20(18,19)14-10-12(15)4-5-13(14)16(2)3;1-11-5-4-8-17(10-11)20(18,19)14-9-12(15)6-7-13(14)16(2)3/h3-13,22-23H,21H2,1-2H3;2-3,6-9,12,20H,1,4-5,10-11,19H2;4-11H,12,17H2,1-3H3;1-4,7-8,17-19H,5-6,15-16H2,(H,22,23,24);4-5,10-11H,6-9,15H2,1-3H3;6-7,9,11H,4-5,8,10,15H2,1-3H3. The zero-order valence-electron chi connectivity index (χ0n) is 79.7. The van der Waals surface area contributed by atoms with Crippen molar-refractivity contribution in [2.24, 2.45) is 11.8 Å². The van der Waals surface area contributed by atoms with Crippen LogP contribution in [-0.2, 0) is 76.8 Å². The number of methoxy groups -OCH3 is 2. The van der Waals surface area contributed by atoms with E-state index in [-0.39, 0.29) is 55.5 Å². The summed E-state index contributed by atoms with van der Waals surface area (Å²) in [5.74, 6) is 2.34. The van der Waals surface area contributed by atoms with Crippen molar-refractivity contribution in [3.05, 3.63) is 241 Å². The molecule has 11 aromatic rings. The molecule has 0 aliphatic carbocycles. The Labute approximate surface area is 828 Å². The molecule has 140 heavy (non-hydrogen) atoms. The topological polar surface area (TPSA) is 563 Å². The summed E-state index contributed by atoms with van der Waals surface area (Å²) >= 11 is 6.08. The molecule has 3 fully saturated rings. The van der Waals surface area contributed by atoms with E-state index >= 15 is 0 Å². The average Bonchev–Trinajstić information content (AvgIpc) is 0.786. The molecule has 3 aliphatic heterocycles. The summed E-state index contributed by atoms with van der Waals surface area (Å²) in [7, 11) is -11.4. The van der Waals surface area contributed by atoms with Crippen LogP contribution in [0.1, 0.15) is 64.4 Å². The highest BCUT2D eigenvalue weighted by Gasteiger charge is 2.35. The van der Waals surface area contributed by atoms with E-state index in [2.05, 4.69) is 43.5 Å². The van der Waals surface area contributed by atoms with Crippen molar-refractivity contribution in [2.75, 3.05) is 201 Å². The third-order valence-electron chi connectivity index (χ3n) is 22.3. The molecule has 0 radical (unpaired) electrons. The van der Waals surface area contributed by atoms with E-state index in [0.29, 0.717) is 145 Å². The Morgan fingerprint density at radius 3 is 1.32 bits per heavy atom. The number of nitrogens with one attached hydrogen (secondary N) is 5. The summed E-state index contributed by atoms with van der Waals surface area (Å²) in [6.45, 7) is 8.51. The smallest absolute Gasteiger partial charge is 0.296 e. The summed E-state index contributed by atoms with van der Waals surface area (Å²) in [5, 5.41) is 15.1. The van der Waals surface area contributed by atoms with Crippen molar-refractivity contribution < 1.29 is 78.1 Å². The van der Waals surface area contributed by atoms with Crippen molar-refractivity contribution in [3.63, 3.8) is 0 Å². The molecule has 37 nitrogen and oxygen atoms in total. The minimum atomic E-state index is -4.62. The van der Waals surface area contributed by atoms with E-state index in [4.69, 9.17) is 70.9 Å². The fourth-order valence-corrected chi connectivity index (χ4v) is 24.7. The normalized spacial score (nSPS) is 14.4. The highest BCUT2D eigenvalue weighted by Crippen LogP contribution is 2.39. The molecule has 21 N–H and O–H groups in total. The minimum Gasteiger partial charge on any atom is -0.497 e. The van der Waals surface area contributed by atoms with Gasteiger partial charge < -0.3 is 84.9 Å². The number of halogens is 1. The third kappa shape index (κ3) is 30.5. The van der Waals surface area contributed by atoms with E-state index < -0.39 is 75.2 Å². The van der Waals surface area contributed by atoms with Crippen molar-refractivity contribution in [3.8, 4) is 11.5 Å². The highest BCUT2D eigenvalue weighted by molar-refractivity contribution is 7.93. The second-order valence-electron chi connectivity index (χ2n) is 33.9. The van der Waals surface area contributed by atoms with Gasteiger partial charge in [0.15, 0.2) is 0 Å². The number of aliphatic hydroxyl groups is 1. The Bertz CT molecular complexity index is 6920. The summed E-state index contributed by atoms with van der Waals surface area (Å²) in [5.41, 5.74) is 47.8. The third-order valence-corrected chi connectivity index (χ3v) is 33.4. The maximum Gasteiger partial charge on any atom is 0.296 e. The lowest BCUT2D eigenvalue weighted by Gasteiger charge is -2.31. The number of anilines is 17. The second-order valence-corrected chi connectivity index (χ2v) is 46.4.